The van der Waals surface area contributed by atoms with Crippen molar-refractivity contribution in [1.29, 1.82) is 0 Å². The zero-order valence-corrected chi connectivity index (χ0v) is 10.5. The minimum atomic E-state index is -0.0958. The van der Waals surface area contributed by atoms with Crippen molar-refractivity contribution in [2.24, 2.45) is 0 Å². The van der Waals surface area contributed by atoms with Crippen molar-refractivity contribution in [3.8, 4) is 0 Å². The number of hydrogen-bond acceptors (Lipinski definition) is 4. The van der Waals surface area contributed by atoms with E-state index in [1.165, 1.54) is 12.8 Å². The Morgan fingerprint density at radius 3 is 2.88 bits per heavy atom. The van der Waals surface area contributed by atoms with Crippen molar-refractivity contribution in [2.75, 3.05) is 32.8 Å². The van der Waals surface area contributed by atoms with E-state index >= 15 is 0 Å². The average Bonchev–Trinajstić information content (AvgIpc) is 2.30. The summed E-state index contributed by atoms with van der Waals surface area (Å²) in [6.45, 7) is 7.99. The molecule has 4 nitrogen and oxygen atoms in total. The summed E-state index contributed by atoms with van der Waals surface area (Å²) in [6, 6.07) is 0.498. The fourth-order valence-corrected chi connectivity index (χ4v) is 2.20. The first-order valence-electron chi connectivity index (χ1n) is 6.38. The van der Waals surface area contributed by atoms with Gasteiger partial charge < -0.3 is 10.1 Å². The van der Waals surface area contributed by atoms with Crippen molar-refractivity contribution < 1.29 is 9.53 Å². The predicted octanol–water partition coefficient (Wildman–Crippen LogP) is 1.01. The molecule has 0 aromatic carbocycles. The van der Waals surface area contributed by atoms with Crippen molar-refractivity contribution in [1.82, 2.24) is 10.2 Å². The lowest BCUT2D eigenvalue weighted by Crippen LogP contribution is -2.48. The molecule has 0 amide bonds. The summed E-state index contributed by atoms with van der Waals surface area (Å²) in [5.41, 5.74) is 0. The van der Waals surface area contributed by atoms with Crippen molar-refractivity contribution >= 4 is 5.97 Å². The smallest absolute Gasteiger partial charge is 0.320 e. The summed E-state index contributed by atoms with van der Waals surface area (Å²) < 4.78 is 5.01. The second kappa shape index (κ2) is 7.63. The van der Waals surface area contributed by atoms with E-state index in [0.717, 1.165) is 26.1 Å². The van der Waals surface area contributed by atoms with Gasteiger partial charge in [0.2, 0.25) is 0 Å². The maximum Gasteiger partial charge on any atom is 0.320 e. The minimum Gasteiger partial charge on any atom is -0.465 e. The Labute approximate surface area is 98.3 Å². The minimum absolute atomic E-state index is 0.0958. The van der Waals surface area contributed by atoms with Crippen LogP contribution < -0.4 is 5.32 Å². The second-order valence-electron chi connectivity index (χ2n) is 4.28. The molecule has 4 heteroatoms. The highest BCUT2D eigenvalue weighted by Gasteiger charge is 2.22. The molecule has 0 spiro atoms. The summed E-state index contributed by atoms with van der Waals surface area (Å²) in [4.78, 5) is 13.7. The number of nitrogens with zero attached hydrogens (tertiary/aromatic N) is 1. The zero-order valence-electron chi connectivity index (χ0n) is 10.5. The highest BCUT2D eigenvalue weighted by atomic mass is 16.5. The summed E-state index contributed by atoms with van der Waals surface area (Å²) in [5, 5.41) is 3.39. The molecule has 1 N–H and O–H groups in total. The van der Waals surface area contributed by atoms with E-state index in [1.54, 1.807) is 0 Å². The van der Waals surface area contributed by atoms with Gasteiger partial charge in [-0.3, -0.25) is 9.69 Å². The van der Waals surface area contributed by atoms with Gasteiger partial charge in [0.05, 0.1) is 13.2 Å². The average molecular weight is 228 g/mol. The summed E-state index contributed by atoms with van der Waals surface area (Å²) >= 11 is 0. The Hall–Kier alpha value is -0.610. The number of rotatable bonds is 6. The van der Waals surface area contributed by atoms with Crippen molar-refractivity contribution in [3.63, 3.8) is 0 Å². The molecule has 0 aliphatic carbocycles. The summed E-state index contributed by atoms with van der Waals surface area (Å²) in [6.07, 6.45) is 3.47. The van der Waals surface area contributed by atoms with Crippen LogP contribution in [0.25, 0.3) is 0 Å². The maximum absolute atomic E-state index is 11.5. The van der Waals surface area contributed by atoms with Gasteiger partial charge in [-0.25, -0.2) is 0 Å². The SMILES string of the molecule is CCCN(CC(=O)OCC)C1CCCNC1. The van der Waals surface area contributed by atoms with Gasteiger partial charge in [-0.05, 0) is 39.3 Å². The third kappa shape index (κ3) is 4.49. The Balaban J connectivity index is 2.41. The van der Waals surface area contributed by atoms with Crippen molar-refractivity contribution in [3.05, 3.63) is 0 Å². The molecule has 1 aliphatic rings. The van der Waals surface area contributed by atoms with Crippen LogP contribution in [0.2, 0.25) is 0 Å². The van der Waals surface area contributed by atoms with Crippen LogP contribution in [0.1, 0.15) is 33.1 Å². The Kier molecular flexibility index (Phi) is 6.42. The van der Waals surface area contributed by atoms with E-state index in [1.807, 2.05) is 6.92 Å². The topological polar surface area (TPSA) is 41.6 Å². The first-order valence-corrected chi connectivity index (χ1v) is 6.38. The monoisotopic (exact) mass is 228 g/mol. The molecule has 1 aliphatic heterocycles. The van der Waals surface area contributed by atoms with Gasteiger partial charge in [-0.2, -0.15) is 0 Å². The van der Waals surface area contributed by atoms with E-state index in [9.17, 15) is 4.79 Å². The fourth-order valence-electron chi connectivity index (χ4n) is 2.20. The van der Waals surface area contributed by atoms with Crippen LogP contribution in [0.3, 0.4) is 0 Å². The van der Waals surface area contributed by atoms with E-state index in [-0.39, 0.29) is 5.97 Å². The fraction of sp³-hybridized carbons (Fsp3) is 0.917. The van der Waals surface area contributed by atoms with E-state index in [2.05, 4.69) is 17.1 Å². The molecule has 1 atom stereocenters. The highest BCUT2D eigenvalue weighted by Crippen LogP contribution is 2.10. The van der Waals surface area contributed by atoms with Crippen LogP contribution in [0.5, 0.6) is 0 Å². The standard InChI is InChI=1S/C12H24N2O2/c1-3-8-14(10-12(15)16-4-2)11-6-5-7-13-9-11/h11,13H,3-10H2,1-2H3. The third-order valence-electron chi connectivity index (χ3n) is 2.94. The quantitative estimate of drug-likeness (QED) is 0.689. The number of carbonyl (C=O) groups excluding carboxylic acids is 1. The number of carbonyl (C=O) groups is 1. The molecule has 0 bridgehead atoms. The lowest BCUT2D eigenvalue weighted by Gasteiger charge is -2.33. The van der Waals surface area contributed by atoms with Gasteiger partial charge in [0.25, 0.3) is 0 Å². The van der Waals surface area contributed by atoms with Crippen LogP contribution in [0.4, 0.5) is 0 Å². The number of nitrogens with one attached hydrogen (secondary N) is 1. The number of esters is 1. The molecular weight excluding hydrogens is 204 g/mol. The van der Waals surface area contributed by atoms with Crippen LogP contribution in [-0.4, -0.2) is 49.7 Å². The lowest BCUT2D eigenvalue weighted by atomic mass is 10.1. The van der Waals surface area contributed by atoms with Crippen molar-refractivity contribution in [2.45, 2.75) is 39.2 Å². The number of piperidine rings is 1. The molecule has 1 heterocycles. The predicted molar refractivity (Wildman–Crippen MR) is 64.4 cm³/mol. The molecule has 16 heavy (non-hydrogen) atoms. The van der Waals surface area contributed by atoms with Crippen LogP contribution in [-0.2, 0) is 9.53 Å². The molecule has 0 saturated carbocycles. The summed E-state index contributed by atoms with van der Waals surface area (Å²) in [7, 11) is 0. The molecule has 0 radical (unpaired) electrons. The van der Waals surface area contributed by atoms with Crippen LogP contribution in [0.15, 0.2) is 0 Å². The molecule has 1 unspecified atom stereocenters. The molecule has 1 rings (SSSR count). The Morgan fingerprint density at radius 2 is 2.31 bits per heavy atom. The van der Waals surface area contributed by atoms with Gasteiger partial charge in [0.1, 0.15) is 0 Å². The summed E-state index contributed by atoms with van der Waals surface area (Å²) in [5.74, 6) is -0.0958. The highest BCUT2D eigenvalue weighted by molar-refractivity contribution is 5.71. The Morgan fingerprint density at radius 1 is 1.50 bits per heavy atom. The molecule has 0 aromatic rings. The molecule has 1 saturated heterocycles. The first kappa shape index (κ1) is 13.5. The molecule has 1 fully saturated rings. The van der Waals surface area contributed by atoms with Crippen LogP contribution in [0, 0.1) is 0 Å². The van der Waals surface area contributed by atoms with Gasteiger partial charge in [0, 0.05) is 12.6 Å². The van der Waals surface area contributed by atoms with Gasteiger partial charge in [-0.15, -0.1) is 0 Å². The van der Waals surface area contributed by atoms with Crippen LogP contribution >= 0.6 is 0 Å². The molecule has 0 aromatic heterocycles. The molecule has 94 valence electrons. The lowest BCUT2D eigenvalue weighted by molar-refractivity contribution is -0.145. The van der Waals surface area contributed by atoms with Gasteiger partial charge in [0.15, 0.2) is 0 Å². The molecular formula is C12H24N2O2. The Bertz CT molecular complexity index is 203. The normalized spacial score (nSPS) is 21.1. The maximum atomic E-state index is 11.5. The first-order chi connectivity index (χ1) is 7.77. The number of ether oxygens (including phenoxy) is 1. The van der Waals surface area contributed by atoms with E-state index in [0.29, 0.717) is 19.2 Å². The largest absolute Gasteiger partial charge is 0.465 e. The van der Waals surface area contributed by atoms with Gasteiger partial charge in [-0.1, -0.05) is 6.92 Å². The van der Waals surface area contributed by atoms with E-state index < -0.39 is 0 Å². The number of hydrogen-bond donors (Lipinski definition) is 1. The van der Waals surface area contributed by atoms with Gasteiger partial charge >= 0.3 is 5.97 Å². The van der Waals surface area contributed by atoms with E-state index in [4.69, 9.17) is 4.74 Å². The second-order valence-corrected chi connectivity index (χ2v) is 4.28. The third-order valence-corrected chi connectivity index (χ3v) is 2.94. The zero-order chi connectivity index (χ0) is 11.8.